The van der Waals surface area contributed by atoms with Crippen LogP contribution in [0, 0.1) is 0 Å². The molecule has 0 bridgehead atoms. The number of carbonyl (C=O) groups excluding carboxylic acids is 2. The third-order valence-corrected chi connectivity index (χ3v) is 3.81. The van der Waals surface area contributed by atoms with Gasteiger partial charge >= 0.3 is 5.97 Å². The van der Waals surface area contributed by atoms with Crippen LogP contribution in [0.15, 0.2) is 42.5 Å². The maximum Gasteiger partial charge on any atom is 0.338 e. The van der Waals surface area contributed by atoms with Crippen LogP contribution in [-0.4, -0.2) is 39.2 Å². The van der Waals surface area contributed by atoms with Crippen molar-refractivity contribution in [3.05, 3.63) is 58.6 Å². The molecule has 0 heterocycles. The van der Waals surface area contributed by atoms with Gasteiger partial charge in [0.2, 0.25) is 0 Å². The first-order chi connectivity index (χ1) is 12.5. The van der Waals surface area contributed by atoms with E-state index < -0.39 is 5.97 Å². The molecule has 0 atom stereocenters. The minimum Gasteiger partial charge on any atom is -0.493 e. The lowest BCUT2D eigenvalue weighted by molar-refractivity contribution is -0.124. The molecule has 2 aromatic rings. The summed E-state index contributed by atoms with van der Waals surface area (Å²) in [4.78, 5) is 23.6. The summed E-state index contributed by atoms with van der Waals surface area (Å²) >= 11 is 5.82. The third-order valence-electron chi connectivity index (χ3n) is 3.58. The van der Waals surface area contributed by atoms with E-state index in [1.165, 1.54) is 6.07 Å². The molecule has 0 radical (unpaired) electrons. The molecule has 0 aliphatic heterocycles. The van der Waals surface area contributed by atoms with Gasteiger partial charge in [-0.3, -0.25) is 4.79 Å². The summed E-state index contributed by atoms with van der Waals surface area (Å²) < 4.78 is 15.4. The van der Waals surface area contributed by atoms with Gasteiger partial charge in [-0.15, -0.1) is 0 Å². The molecule has 0 saturated carbocycles. The molecule has 1 amide bonds. The second-order valence-corrected chi connectivity index (χ2v) is 5.81. The van der Waals surface area contributed by atoms with E-state index in [9.17, 15) is 9.59 Å². The van der Waals surface area contributed by atoms with Crippen molar-refractivity contribution in [1.29, 1.82) is 0 Å². The topological polar surface area (TPSA) is 73.9 Å². The molecular formula is C19H20ClNO5. The number of rotatable bonds is 8. The van der Waals surface area contributed by atoms with Crippen LogP contribution in [0.5, 0.6) is 11.5 Å². The molecule has 138 valence electrons. The SMILES string of the molecule is COc1ccc(CCNC(=O)COC(=O)c2cccc(Cl)c2)cc1OC. The number of hydrogen-bond acceptors (Lipinski definition) is 5. The average Bonchev–Trinajstić information content (AvgIpc) is 2.65. The number of hydrogen-bond donors (Lipinski definition) is 1. The summed E-state index contributed by atoms with van der Waals surface area (Å²) in [6, 6.07) is 11.9. The highest BCUT2D eigenvalue weighted by molar-refractivity contribution is 6.30. The van der Waals surface area contributed by atoms with Gasteiger partial charge in [-0.05, 0) is 42.3 Å². The van der Waals surface area contributed by atoms with Crippen molar-refractivity contribution in [3.63, 3.8) is 0 Å². The number of halogens is 1. The van der Waals surface area contributed by atoms with Crippen molar-refractivity contribution in [1.82, 2.24) is 5.32 Å². The Morgan fingerprint density at radius 2 is 1.81 bits per heavy atom. The Balaban J connectivity index is 1.76. The zero-order valence-corrected chi connectivity index (χ0v) is 15.3. The summed E-state index contributed by atoms with van der Waals surface area (Å²) in [5, 5.41) is 3.13. The maximum absolute atomic E-state index is 11.8. The van der Waals surface area contributed by atoms with Crippen LogP contribution < -0.4 is 14.8 Å². The maximum atomic E-state index is 11.8. The Kier molecular flexibility index (Phi) is 7.29. The molecule has 2 aromatic carbocycles. The number of esters is 1. The summed E-state index contributed by atoms with van der Waals surface area (Å²) in [6.07, 6.45) is 0.605. The largest absolute Gasteiger partial charge is 0.493 e. The van der Waals surface area contributed by atoms with Crippen LogP contribution >= 0.6 is 11.6 Å². The summed E-state index contributed by atoms with van der Waals surface area (Å²) in [5.74, 6) is 0.309. The van der Waals surface area contributed by atoms with E-state index in [2.05, 4.69) is 5.32 Å². The number of ether oxygens (including phenoxy) is 3. The number of nitrogens with one attached hydrogen (secondary N) is 1. The monoisotopic (exact) mass is 377 g/mol. The van der Waals surface area contributed by atoms with E-state index in [1.54, 1.807) is 32.4 Å². The van der Waals surface area contributed by atoms with Crippen molar-refractivity contribution in [3.8, 4) is 11.5 Å². The molecule has 1 N–H and O–H groups in total. The van der Waals surface area contributed by atoms with Crippen LogP contribution in [-0.2, 0) is 16.0 Å². The van der Waals surface area contributed by atoms with E-state index in [4.69, 9.17) is 25.8 Å². The van der Waals surface area contributed by atoms with E-state index in [0.717, 1.165) is 5.56 Å². The second-order valence-electron chi connectivity index (χ2n) is 5.38. The van der Waals surface area contributed by atoms with Crippen molar-refractivity contribution >= 4 is 23.5 Å². The standard InChI is InChI=1S/C19H20ClNO5/c1-24-16-7-6-13(10-17(16)25-2)8-9-21-18(22)12-26-19(23)14-4-3-5-15(20)11-14/h3-7,10-11H,8-9,12H2,1-2H3,(H,21,22). The first-order valence-electron chi connectivity index (χ1n) is 7.93. The van der Waals surface area contributed by atoms with Gasteiger partial charge in [0.1, 0.15) is 0 Å². The van der Waals surface area contributed by atoms with Gasteiger partial charge in [-0.1, -0.05) is 23.7 Å². The zero-order valence-electron chi connectivity index (χ0n) is 14.6. The van der Waals surface area contributed by atoms with Crippen LogP contribution in [0.3, 0.4) is 0 Å². The Labute approximate surface area is 157 Å². The number of amides is 1. The Morgan fingerprint density at radius 3 is 2.50 bits per heavy atom. The smallest absolute Gasteiger partial charge is 0.338 e. The fourth-order valence-electron chi connectivity index (χ4n) is 2.26. The van der Waals surface area contributed by atoms with Gasteiger partial charge in [0, 0.05) is 11.6 Å². The Hall–Kier alpha value is -2.73. The molecule has 0 unspecified atom stereocenters. The van der Waals surface area contributed by atoms with Gasteiger partial charge in [0.05, 0.1) is 19.8 Å². The molecule has 0 saturated heterocycles. The second kappa shape index (κ2) is 9.68. The molecule has 6 nitrogen and oxygen atoms in total. The first-order valence-corrected chi connectivity index (χ1v) is 8.31. The molecule has 7 heteroatoms. The van der Waals surface area contributed by atoms with Gasteiger partial charge in [-0.25, -0.2) is 4.79 Å². The van der Waals surface area contributed by atoms with Gasteiger partial charge in [0.25, 0.3) is 5.91 Å². The predicted molar refractivity (Wildman–Crippen MR) is 98.0 cm³/mol. The fraction of sp³-hybridized carbons (Fsp3) is 0.263. The molecule has 0 fully saturated rings. The van der Waals surface area contributed by atoms with Crippen LogP contribution in [0.1, 0.15) is 15.9 Å². The fourth-order valence-corrected chi connectivity index (χ4v) is 2.45. The lowest BCUT2D eigenvalue weighted by atomic mass is 10.1. The number of methoxy groups -OCH3 is 2. The highest BCUT2D eigenvalue weighted by Gasteiger charge is 2.10. The van der Waals surface area contributed by atoms with E-state index in [-0.39, 0.29) is 12.5 Å². The predicted octanol–water partition coefficient (Wildman–Crippen LogP) is 2.87. The van der Waals surface area contributed by atoms with E-state index in [1.807, 2.05) is 18.2 Å². The highest BCUT2D eigenvalue weighted by atomic mass is 35.5. The molecule has 0 aromatic heterocycles. The first kappa shape index (κ1) is 19.6. The van der Waals surface area contributed by atoms with Crippen LogP contribution in [0.2, 0.25) is 5.02 Å². The van der Waals surface area contributed by atoms with Crippen LogP contribution in [0.4, 0.5) is 0 Å². The zero-order chi connectivity index (χ0) is 18.9. The molecular weight excluding hydrogens is 358 g/mol. The Bertz CT molecular complexity index is 778. The normalized spacial score (nSPS) is 10.1. The Morgan fingerprint density at radius 1 is 1.04 bits per heavy atom. The minimum atomic E-state index is -0.595. The van der Waals surface area contributed by atoms with Crippen molar-refractivity contribution < 1.29 is 23.8 Å². The molecule has 0 spiro atoms. The van der Waals surface area contributed by atoms with Crippen LogP contribution in [0.25, 0.3) is 0 Å². The molecule has 26 heavy (non-hydrogen) atoms. The lowest BCUT2D eigenvalue weighted by Crippen LogP contribution is -2.30. The van der Waals surface area contributed by atoms with Crippen molar-refractivity contribution in [2.45, 2.75) is 6.42 Å². The van der Waals surface area contributed by atoms with Gasteiger partial charge in [0.15, 0.2) is 18.1 Å². The van der Waals surface area contributed by atoms with Crippen molar-refractivity contribution in [2.24, 2.45) is 0 Å². The molecule has 2 rings (SSSR count). The van der Waals surface area contributed by atoms with E-state index in [0.29, 0.717) is 35.1 Å². The average molecular weight is 378 g/mol. The van der Waals surface area contributed by atoms with Crippen molar-refractivity contribution in [2.75, 3.05) is 27.4 Å². The molecule has 0 aliphatic rings. The molecule has 0 aliphatic carbocycles. The summed E-state index contributed by atoms with van der Waals surface area (Å²) in [7, 11) is 3.14. The lowest BCUT2D eigenvalue weighted by Gasteiger charge is -2.10. The number of carbonyl (C=O) groups is 2. The summed E-state index contributed by atoms with van der Waals surface area (Å²) in [5.41, 5.74) is 1.29. The van der Waals surface area contributed by atoms with E-state index >= 15 is 0 Å². The minimum absolute atomic E-state index is 0.302. The number of benzene rings is 2. The quantitative estimate of drug-likeness (QED) is 0.716. The van der Waals surface area contributed by atoms with Gasteiger partial charge in [-0.2, -0.15) is 0 Å². The summed E-state index contributed by atoms with van der Waals surface area (Å²) in [6.45, 7) is 0.0559. The highest BCUT2D eigenvalue weighted by Crippen LogP contribution is 2.27. The van der Waals surface area contributed by atoms with Gasteiger partial charge < -0.3 is 19.5 Å². The third kappa shape index (κ3) is 5.67.